The summed E-state index contributed by atoms with van der Waals surface area (Å²) in [6.45, 7) is 0.687. The Hall–Kier alpha value is -2.06. The van der Waals surface area contributed by atoms with Crippen LogP contribution in [0.2, 0.25) is 0 Å². The van der Waals surface area contributed by atoms with Crippen molar-refractivity contribution in [3.05, 3.63) is 30.0 Å². The SMILES string of the molecule is COc1cccc(N2C=C(CC#N)CN2)n1. The first kappa shape index (κ1) is 10.5. The minimum atomic E-state index is 0.438. The van der Waals surface area contributed by atoms with Crippen LogP contribution in [0.5, 0.6) is 5.88 Å². The van der Waals surface area contributed by atoms with E-state index in [4.69, 9.17) is 10.00 Å². The second kappa shape index (κ2) is 4.64. The first-order valence-corrected chi connectivity index (χ1v) is 4.94. The van der Waals surface area contributed by atoms with Crippen molar-refractivity contribution in [2.24, 2.45) is 0 Å². The van der Waals surface area contributed by atoms with Crippen LogP contribution in [-0.2, 0) is 0 Å². The fourth-order valence-corrected chi connectivity index (χ4v) is 1.47. The molecule has 0 radical (unpaired) electrons. The van der Waals surface area contributed by atoms with E-state index >= 15 is 0 Å². The molecule has 0 aliphatic carbocycles. The zero-order valence-electron chi connectivity index (χ0n) is 8.97. The number of hydrogen-bond donors (Lipinski definition) is 1. The molecule has 0 aromatic carbocycles. The van der Waals surface area contributed by atoms with Crippen molar-refractivity contribution in [2.45, 2.75) is 6.42 Å². The molecule has 1 aliphatic heterocycles. The van der Waals surface area contributed by atoms with E-state index in [-0.39, 0.29) is 0 Å². The highest BCUT2D eigenvalue weighted by molar-refractivity contribution is 5.45. The third-order valence-corrected chi connectivity index (χ3v) is 2.26. The Bertz CT molecular complexity index is 450. The first-order chi connectivity index (χ1) is 7.83. The summed E-state index contributed by atoms with van der Waals surface area (Å²) >= 11 is 0. The maximum Gasteiger partial charge on any atom is 0.214 e. The third kappa shape index (κ3) is 2.12. The van der Waals surface area contributed by atoms with Crippen molar-refractivity contribution in [3.63, 3.8) is 0 Å². The molecule has 0 atom stereocenters. The number of methoxy groups -OCH3 is 1. The average molecular weight is 216 g/mol. The van der Waals surface area contributed by atoms with E-state index in [1.807, 2.05) is 18.3 Å². The third-order valence-electron chi connectivity index (χ3n) is 2.26. The van der Waals surface area contributed by atoms with Crippen LogP contribution < -0.4 is 15.2 Å². The van der Waals surface area contributed by atoms with Crippen LogP contribution in [0.4, 0.5) is 5.82 Å². The van der Waals surface area contributed by atoms with Gasteiger partial charge in [0, 0.05) is 18.8 Å². The largest absolute Gasteiger partial charge is 0.481 e. The number of anilines is 1. The summed E-state index contributed by atoms with van der Waals surface area (Å²) in [7, 11) is 1.58. The molecule has 0 bridgehead atoms. The van der Waals surface area contributed by atoms with Gasteiger partial charge in [-0.25, -0.2) is 5.43 Å². The molecule has 1 aliphatic rings. The number of pyridine rings is 1. The number of nitrogens with zero attached hydrogens (tertiary/aromatic N) is 3. The Kier molecular flexibility index (Phi) is 3.03. The summed E-state index contributed by atoms with van der Waals surface area (Å²) in [5, 5.41) is 10.4. The fraction of sp³-hybridized carbons (Fsp3) is 0.273. The number of nitriles is 1. The lowest BCUT2D eigenvalue weighted by molar-refractivity contribution is 0.398. The number of hydrazine groups is 1. The highest BCUT2D eigenvalue weighted by Gasteiger charge is 2.14. The molecule has 0 saturated carbocycles. The number of ether oxygens (including phenoxy) is 1. The number of hydrogen-bond acceptors (Lipinski definition) is 5. The molecule has 0 amide bonds. The minimum Gasteiger partial charge on any atom is -0.481 e. The van der Waals surface area contributed by atoms with Gasteiger partial charge in [-0.2, -0.15) is 10.2 Å². The lowest BCUT2D eigenvalue weighted by Crippen LogP contribution is -2.29. The Morgan fingerprint density at radius 2 is 2.50 bits per heavy atom. The van der Waals surface area contributed by atoms with Crippen LogP contribution >= 0.6 is 0 Å². The van der Waals surface area contributed by atoms with E-state index in [1.54, 1.807) is 18.2 Å². The lowest BCUT2D eigenvalue weighted by atomic mass is 10.2. The van der Waals surface area contributed by atoms with E-state index in [1.165, 1.54) is 0 Å². The molecule has 2 rings (SSSR count). The van der Waals surface area contributed by atoms with Crippen LogP contribution in [0.1, 0.15) is 6.42 Å². The van der Waals surface area contributed by atoms with Crippen molar-refractivity contribution in [1.29, 1.82) is 5.26 Å². The van der Waals surface area contributed by atoms with Crippen LogP contribution in [0, 0.1) is 11.3 Å². The predicted octanol–water partition coefficient (Wildman–Crippen LogP) is 1.21. The molecule has 2 heterocycles. The first-order valence-electron chi connectivity index (χ1n) is 4.94. The highest BCUT2D eigenvalue weighted by atomic mass is 16.5. The van der Waals surface area contributed by atoms with Crippen molar-refractivity contribution < 1.29 is 4.74 Å². The molecule has 82 valence electrons. The van der Waals surface area contributed by atoms with Crippen LogP contribution in [0.25, 0.3) is 0 Å². The van der Waals surface area contributed by atoms with Crippen LogP contribution in [-0.4, -0.2) is 18.6 Å². The lowest BCUT2D eigenvalue weighted by Gasteiger charge is -2.14. The van der Waals surface area contributed by atoms with Crippen molar-refractivity contribution in [2.75, 3.05) is 18.7 Å². The van der Waals surface area contributed by atoms with Crippen LogP contribution in [0.3, 0.4) is 0 Å². The summed E-state index contributed by atoms with van der Waals surface area (Å²) in [4.78, 5) is 4.28. The molecule has 0 unspecified atom stereocenters. The van der Waals surface area contributed by atoms with Gasteiger partial charge in [-0.1, -0.05) is 6.07 Å². The van der Waals surface area contributed by atoms with Crippen LogP contribution in [0.15, 0.2) is 30.0 Å². The molecule has 1 aromatic rings. The van der Waals surface area contributed by atoms with Crippen molar-refractivity contribution >= 4 is 5.82 Å². The second-order valence-electron chi connectivity index (χ2n) is 3.37. The molecule has 1 aromatic heterocycles. The quantitative estimate of drug-likeness (QED) is 0.823. The Balaban J connectivity index is 2.17. The number of rotatable bonds is 3. The number of nitrogens with one attached hydrogen (secondary N) is 1. The zero-order chi connectivity index (χ0) is 11.4. The fourth-order valence-electron chi connectivity index (χ4n) is 1.47. The van der Waals surface area contributed by atoms with Crippen molar-refractivity contribution in [1.82, 2.24) is 10.4 Å². The van der Waals surface area contributed by atoms with Crippen molar-refractivity contribution in [3.8, 4) is 11.9 Å². The molecule has 0 spiro atoms. The molecular weight excluding hydrogens is 204 g/mol. The number of aromatic nitrogens is 1. The molecule has 5 heteroatoms. The predicted molar refractivity (Wildman–Crippen MR) is 59.6 cm³/mol. The molecule has 1 N–H and O–H groups in total. The summed E-state index contributed by atoms with van der Waals surface area (Å²) < 4.78 is 5.05. The van der Waals surface area contributed by atoms with Gasteiger partial charge in [-0.15, -0.1) is 0 Å². The van der Waals surface area contributed by atoms with E-state index in [0.29, 0.717) is 18.8 Å². The highest BCUT2D eigenvalue weighted by Crippen LogP contribution is 2.18. The van der Waals surface area contributed by atoms with Gasteiger partial charge < -0.3 is 4.74 Å². The van der Waals surface area contributed by atoms with Gasteiger partial charge >= 0.3 is 0 Å². The molecule has 0 fully saturated rings. The second-order valence-corrected chi connectivity index (χ2v) is 3.37. The van der Waals surface area contributed by atoms with E-state index < -0.39 is 0 Å². The summed E-state index contributed by atoms with van der Waals surface area (Å²) in [5.41, 5.74) is 4.18. The maximum absolute atomic E-state index is 8.59. The van der Waals surface area contributed by atoms with E-state index in [2.05, 4.69) is 16.5 Å². The van der Waals surface area contributed by atoms with Gasteiger partial charge in [0.2, 0.25) is 5.88 Å². The molecule has 5 nitrogen and oxygen atoms in total. The minimum absolute atomic E-state index is 0.438. The smallest absolute Gasteiger partial charge is 0.214 e. The molecule has 0 saturated heterocycles. The Morgan fingerprint density at radius 3 is 3.25 bits per heavy atom. The van der Waals surface area contributed by atoms with Gasteiger partial charge in [0.05, 0.1) is 19.6 Å². The Labute approximate surface area is 93.9 Å². The van der Waals surface area contributed by atoms with Gasteiger partial charge in [0.25, 0.3) is 0 Å². The summed E-state index contributed by atoms with van der Waals surface area (Å²) in [6.07, 6.45) is 2.33. The van der Waals surface area contributed by atoms with Gasteiger partial charge in [-0.05, 0) is 11.6 Å². The molecule has 16 heavy (non-hydrogen) atoms. The zero-order valence-corrected chi connectivity index (χ0v) is 8.97. The average Bonchev–Trinajstić information content (AvgIpc) is 2.78. The van der Waals surface area contributed by atoms with Gasteiger partial charge in [0.15, 0.2) is 5.82 Å². The molecular formula is C11H12N4O. The monoisotopic (exact) mass is 216 g/mol. The van der Waals surface area contributed by atoms with Gasteiger partial charge in [-0.3, -0.25) is 5.01 Å². The maximum atomic E-state index is 8.59. The standard InChI is InChI=1S/C11H12N4O/c1-16-11-4-2-3-10(14-11)15-8-9(5-6-12)7-13-15/h2-4,8,13H,5,7H2,1H3. The topological polar surface area (TPSA) is 61.2 Å². The van der Waals surface area contributed by atoms with E-state index in [9.17, 15) is 0 Å². The van der Waals surface area contributed by atoms with E-state index in [0.717, 1.165) is 11.4 Å². The summed E-state index contributed by atoms with van der Waals surface area (Å²) in [6, 6.07) is 7.67. The normalized spacial score (nSPS) is 14.5. The summed E-state index contributed by atoms with van der Waals surface area (Å²) in [5.74, 6) is 1.33. The Morgan fingerprint density at radius 1 is 1.62 bits per heavy atom. The van der Waals surface area contributed by atoms with Gasteiger partial charge in [0.1, 0.15) is 0 Å².